The van der Waals surface area contributed by atoms with E-state index in [2.05, 4.69) is 21.4 Å². The van der Waals surface area contributed by atoms with Gasteiger partial charge in [-0.15, -0.1) is 6.58 Å². The maximum Gasteiger partial charge on any atom is 0.147 e. The molecule has 1 heterocycles. The number of nitrogens with zero attached hydrogens (tertiary/aromatic N) is 3. The summed E-state index contributed by atoms with van der Waals surface area (Å²) in [5.74, 6) is 0.917. The molecule has 0 unspecified atom stereocenters. The molecule has 80 valence electrons. The summed E-state index contributed by atoms with van der Waals surface area (Å²) < 4.78 is 0. The van der Waals surface area contributed by atoms with Crippen LogP contribution in [0.2, 0.25) is 0 Å². The zero-order valence-electron chi connectivity index (χ0n) is 8.76. The van der Waals surface area contributed by atoms with Crippen LogP contribution in [0.3, 0.4) is 0 Å². The van der Waals surface area contributed by atoms with E-state index in [1.807, 2.05) is 6.08 Å². The number of nitrogens with two attached hydrogens (primary N) is 1. The summed E-state index contributed by atoms with van der Waals surface area (Å²) >= 11 is 0. The van der Waals surface area contributed by atoms with Gasteiger partial charge < -0.3 is 10.6 Å². The predicted octanol–water partition coefficient (Wildman–Crippen LogP) is 1.09. The van der Waals surface area contributed by atoms with Gasteiger partial charge in [0, 0.05) is 25.3 Å². The third kappa shape index (κ3) is 2.33. The second-order valence-corrected chi connectivity index (χ2v) is 3.74. The molecule has 1 aromatic heterocycles. The van der Waals surface area contributed by atoms with Gasteiger partial charge in [-0.25, -0.2) is 4.98 Å². The van der Waals surface area contributed by atoms with Crippen molar-refractivity contribution in [3.8, 4) is 0 Å². The quantitative estimate of drug-likeness (QED) is 0.729. The zero-order valence-corrected chi connectivity index (χ0v) is 8.76. The van der Waals surface area contributed by atoms with E-state index in [1.165, 1.54) is 12.8 Å². The van der Waals surface area contributed by atoms with Gasteiger partial charge in [-0.3, -0.25) is 4.98 Å². The number of rotatable bonds is 5. The Bertz CT molecular complexity index is 346. The van der Waals surface area contributed by atoms with Crippen molar-refractivity contribution in [3.63, 3.8) is 0 Å². The average molecular weight is 204 g/mol. The maximum absolute atomic E-state index is 5.54. The lowest BCUT2D eigenvalue weighted by Gasteiger charge is -2.21. The molecule has 1 fully saturated rings. The normalized spacial score (nSPS) is 15.0. The van der Waals surface area contributed by atoms with E-state index in [-0.39, 0.29) is 0 Å². The van der Waals surface area contributed by atoms with Crippen molar-refractivity contribution in [2.45, 2.75) is 25.4 Å². The number of hydrogen-bond acceptors (Lipinski definition) is 4. The SMILES string of the molecule is C=CCN(c1cncc(CN)n1)C1CC1. The monoisotopic (exact) mass is 204 g/mol. The summed E-state index contributed by atoms with van der Waals surface area (Å²) in [6.45, 7) is 5.03. The minimum absolute atomic E-state index is 0.438. The fraction of sp³-hybridized carbons (Fsp3) is 0.455. The Labute approximate surface area is 89.8 Å². The van der Waals surface area contributed by atoms with Crippen molar-refractivity contribution in [3.05, 3.63) is 30.7 Å². The molecule has 0 aromatic carbocycles. The molecule has 15 heavy (non-hydrogen) atoms. The van der Waals surface area contributed by atoms with Gasteiger partial charge in [0.2, 0.25) is 0 Å². The Balaban J connectivity index is 2.20. The van der Waals surface area contributed by atoms with Gasteiger partial charge in [-0.2, -0.15) is 0 Å². The lowest BCUT2D eigenvalue weighted by Crippen LogP contribution is -2.27. The zero-order chi connectivity index (χ0) is 10.7. The highest BCUT2D eigenvalue weighted by Gasteiger charge is 2.29. The molecule has 1 aliphatic carbocycles. The van der Waals surface area contributed by atoms with Crippen LogP contribution in [0, 0.1) is 0 Å². The van der Waals surface area contributed by atoms with Gasteiger partial charge in [0.05, 0.1) is 11.9 Å². The van der Waals surface area contributed by atoms with Crippen LogP contribution in [-0.2, 0) is 6.54 Å². The van der Waals surface area contributed by atoms with Crippen LogP contribution >= 0.6 is 0 Å². The molecule has 2 rings (SSSR count). The number of aromatic nitrogens is 2. The first-order chi connectivity index (χ1) is 7.35. The molecule has 0 bridgehead atoms. The van der Waals surface area contributed by atoms with Crippen LogP contribution in [0.25, 0.3) is 0 Å². The molecule has 4 nitrogen and oxygen atoms in total. The lowest BCUT2D eigenvalue weighted by atomic mass is 10.4. The van der Waals surface area contributed by atoms with Gasteiger partial charge >= 0.3 is 0 Å². The number of hydrogen-bond donors (Lipinski definition) is 1. The van der Waals surface area contributed by atoms with E-state index in [0.717, 1.165) is 18.1 Å². The molecule has 1 aromatic rings. The molecule has 0 atom stereocenters. The van der Waals surface area contributed by atoms with Gasteiger partial charge in [0.1, 0.15) is 5.82 Å². The minimum Gasteiger partial charge on any atom is -0.349 e. The van der Waals surface area contributed by atoms with Crippen molar-refractivity contribution in [2.24, 2.45) is 5.73 Å². The summed E-state index contributed by atoms with van der Waals surface area (Å²) in [7, 11) is 0. The summed E-state index contributed by atoms with van der Waals surface area (Å²) in [6, 6.07) is 0.616. The second-order valence-electron chi connectivity index (χ2n) is 3.74. The first-order valence-corrected chi connectivity index (χ1v) is 5.23. The predicted molar refractivity (Wildman–Crippen MR) is 60.5 cm³/mol. The van der Waals surface area contributed by atoms with E-state index in [0.29, 0.717) is 12.6 Å². The number of anilines is 1. The molecule has 4 heteroatoms. The van der Waals surface area contributed by atoms with Gasteiger partial charge in [-0.1, -0.05) is 6.08 Å². The second kappa shape index (κ2) is 4.40. The highest BCUT2D eigenvalue weighted by Crippen LogP contribution is 2.30. The van der Waals surface area contributed by atoms with Gasteiger partial charge in [-0.05, 0) is 12.8 Å². The molecule has 1 aliphatic rings. The average Bonchev–Trinajstić information content (AvgIpc) is 3.10. The van der Waals surface area contributed by atoms with Crippen molar-refractivity contribution in [1.29, 1.82) is 0 Å². The fourth-order valence-electron chi connectivity index (χ4n) is 1.59. The third-order valence-corrected chi connectivity index (χ3v) is 2.49. The Morgan fingerprint density at radius 1 is 1.53 bits per heavy atom. The van der Waals surface area contributed by atoms with Crippen LogP contribution < -0.4 is 10.6 Å². The maximum atomic E-state index is 5.54. The molecule has 0 amide bonds. The molecule has 0 radical (unpaired) electrons. The molecular weight excluding hydrogens is 188 g/mol. The van der Waals surface area contributed by atoms with Crippen LogP contribution in [0.5, 0.6) is 0 Å². The van der Waals surface area contributed by atoms with Crippen molar-refractivity contribution in [1.82, 2.24) is 9.97 Å². The molecule has 0 aliphatic heterocycles. The van der Waals surface area contributed by atoms with Crippen molar-refractivity contribution >= 4 is 5.82 Å². The Morgan fingerprint density at radius 2 is 2.33 bits per heavy atom. The summed E-state index contributed by atoms with van der Waals surface area (Å²) in [6.07, 6.45) is 7.88. The van der Waals surface area contributed by atoms with E-state index in [9.17, 15) is 0 Å². The van der Waals surface area contributed by atoms with Crippen LogP contribution in [0.15, 0.2) is 25.0 Å². The Hall–Kier alpha value is -1.42. The summed E-state index contributed by atoms with van der Waals surface area (Å²) in [5, 5.41) is 0. The highest BCUT2D eigenvalue weighted by atomic mass is 15.2. The lowest BCUT2D eigenvalue weighted by molar-refractivity contribution is 0.821. The molecule has 1 saturated carbocycles. The van der Waals surface area contributed by atoms with Crippen LogP contribution in [0.4, 0.5) is 5.82 Å². The van der Waals surface area contributed by atoms with E-state index < -0.39 is 0 Å². The van der Waals surface area contributed by atoms with Crippen molar-refractivity contribution in [2.75, 3.05) is 11.4 Å². The first kappa shape index (κ1) is 10.1. The standard InChI is InChI=1S/C11H16N4/c1-2-5-15(10-3-4-10)11-8-13-7-9(6-12)14-11/h2,7-8,10H,1,3-6,12H2. The third-order valence-electron chi connectivity index (χ3n) is 2.49. The largest absolute Gasteiger partial charge is 0.349 e. The smallest absolute Gasteiger partial charge is 0.147 e. The van der Waals surface area contributed by atoms with Crippen LogP contribution in [0.1, 0.15) is 18.5 Å². The molecule has 0 saturated heterocycles. The Kier molecular flexibility index (Phi) is 2.97. The topological polar surface area (TPSA) is 55.0 Å². The molecular formula is C11H16N4. The molecule has 0 spiro atoms. The summed E-state index contributed by atoms with van der Waals surface area (Å²) in [5.41, 5.74) is 6.38. The van der Waals surface area contributed by atoms with E-state index in [4.69, 9.17) is 5.73 Å². The minimum atomic E-state index is 0.438. The van der Waals surface area contributed by atoms with Crippen molar-refractivity contribution < 1.29 is 0 Å². The summed E-state index contributed by atoms with van der Waals surface area (Å²) in [4.78, 5) is 10.8. The van der Waals surface area contributed by atoms with E-state index in [1.54, 1.807) is 12.4 Å². The molecule has 2 N–H and O–H groups in total. The Morgan fingerprint density at radius 3 is 2.93 bits per heavy atom. The fourth-order valence-corrected chi connectivity index (χ4v) is 1.59. The van der Waals surface area contributed by atoms with Crippen LogP contribution in [-0.4, -0.2) is 22.6 Å². The first-order valence-electron chi connectivity index (χ1n) is 5.23. The highest BCUT2D eigenvalue weighted by molar-refractivity contribution is 5.40. The van der Waals surface area contributed by atoms with E-state index >= 15 is 0 Å². The van der Waals surface area contributed by atoms with Gasteiger partial charge in [0.25, 0.3) is 0 Å². The van der Waals surface area contributed by atoms with Gasteiger partial charge in [0.15, 0.2) is 0 Å².